The third kappa shape index (κ3) is 3.42. The number of rotatable bonds is 4. The molecule has 1 aromatic carbocycles. The van der Waals surface area contributed by atoms with Crippen LogP contribution in [-0.2, 0) is 0 Å². The molecule has 0 bridgehead atoms. The van der Waals surface area contributed by atoms with Crippen LogP contribution < -0.4 is 9.47 Å². The molecule has 1 fully saturated rings. The Bertz CT molecular complexity index is 601. The number of carbonyl (C=O) groups excluding carboxylic acids is 1. The van der Waals surface area contributed by atoms with Gasteiger partial charge in [0.1, 0.15) is 17.6 Å². The van der Waals surface area contributed by atoms with Crippen molar-refractivity contribution in [2.24, 2.45) is 0 Å². The lowest BCUT2D eigenvalue weighted by Crippen LogP contribution is -2.41. The van der Waals surface area contributed by atoms with Crippen molar-refractivity contribution in [2.45, 2.75) is 18.9 Å². The predicted octanol–water partition coefficient (Wildman–Crippen LogP) is 3.44. The summed E-state index contributed by atoms with van der Waals surface area (Å²) >= 11 is 1.55. The van der Waals surface area contributed by atoms with Crippen LogP contribution in [0.25, 0.3) is 0 Å². The van der Waals surface area contributed by atoms with Gasteiger partial charge in [0.05, 0.1) is 12.7 Å². The van der Waals surface area contributed by atoms with Crippen LogP contribution in [-0.4, -0.2) is 37.1 Å². The number of ether oxygens (including phenoxy) is 2. The first kappa shape index (κ1) is 14.9. The molecule has 0 saturated carbocycles. The van der Waals surface area contributed by atoms with E-state index in [4.69, 9.17) is 9.47 Å². The Balaban J connectivity index is 1.52. The van der Waals surface area contributed by atoms with Crippen molar-refractivity contribution in [3.63, 3.8) is 0 Å². The normalized spacial score (nSPS) is 15.6. The maximum atomic E-state index is 12.3. The fourth-order valence-electron chi connectivity index (χ4n) is 2.59. The van der Waals surface area contributed by atoms with Gasteiger partial charge in [0, 0.05) is 31.3 Å². The Morgan fingerprint density at radius 1 is 1.14 bits per heavy atom. The number of methoxy groups -OCH3 is 1. The monoisotopic (exact) mass is 317 g/mol. The van der Waals surface area contributed by atoms with Gasteiger partial charge in [0.2, 0.25) is 0 Å². The van der Waals surface area contributed by atoms with Crippen LogP contribution in [0.3, 0.4) is 0 Å². The Kier molecular flexibility index (Phi) is 4.63. The maximum Gasteiger partial charge on any atom is 0.254 e. The molecule has 22 heavy (non-hydrogen) atoms. The van der Waals surface area contributed by atoms with E-state index in [1.807, 2.05) is 46.0 Å². The highest BCUT2D eigenvalue weighted by Gasteiger charge is 2.24. The van der Waals surface area contributed by atoms with E-state index in [-0.39, 0.29) is 12.0 Å². The minimum atomic E-state index is 0.129. The molecular weight excluding hydrogens is 298 g/mol. The maximum absolute atomic E-state index is 12.3. The summed E-state index contributed by atoms with van der Waals surface area (Å²) in [6.45, 7) is 1.49. The Morgan fingerprint density at radius 3 is 2.41 bits per heavy atom. The number of carbonyl (C=O) groups is 1. The van der Waals surface area contributed by atoms with Crippen LogP contribution in [0.4, 0.5) is 0 Å². The second-order valence-electron chi connectivity index (χ2n) is 5.30. The number of thiophene rings is 1. The van der Waals surface area contributed by atoms with Gasteiger partial charge in [-0.25, -0.2) is 0 Å². The molecule has 0 N–H and O–H groups in total. The van der Waals surface area contributed by atoms with E-state index < -0.39 is 0 Å². The molecule has 0 radical (unpaired) electrons. The number of hydrogen-bond acceptors (Lipinski definition) is 4. The second kappa shape index (κ2) is 6.83. The summed E-state index contributed by atoms with van der Waals surface area (Å²) in [5, 5.41) is 3.84. The average molecular weight is 317 g/mol. The van der Waals surface area contributed by atoms with E-state index in [0.29, 0.717) is 0 Å². The molecule has 2 heterocycles. The highest BCUT2D eigenvalue weighted by molar-refractivity contribution is 7.08. The number of hydrogen-bond donors (Lipinski definition) is 0. The lowest BCUT2D eigenvalue weighted by atomic mass is 10.1. The standard InChI is InChI=1S/C17H19NO3S/c1-20-14-2-4-15(5-3-14)21-16-6-9-18(10-7-16)17(19)13-8-11-22-12-13/h2-5,8,11-12,16H,6-7,9-10H2,1H3. The van der Waals surface area contributed by atoms with E-state index in [1.54, 1.807) is 18.4 Å². The van der Waals surface area contributed by atoms with Gasteiger partial charge in [-0.15, -0.1) is 0 Å². The van der Waals surface area contributed by atoms with Gasteiger partial charge in [-0.1, -0.05) is 0 Å². The SMILES string of the molecule is COc1ccc(OC2CCN(C(=O)c3ccsc3)CC2)cc1. The zero-order valence-corrected chi connectivity index (χ0v) is 13.3. The zero-order chi connectivity index (χ0) is 15.4. The van der Waals surface area contributed by atoms with Crippen LogP contribution in [0.1, 0.15) is 23.2 Å². The Labute approximate surface area is 134 Å². The molecule has 0 spiro atoms. The fraction of sp³-hybridized carbons (Fsp3) is 0.353. The second-order valence-corrected chi connectivity index (χ2v) is 6.08. The van der Waals surface area contributed by atoms with Gasteiger partial charge in [-0.05, 0) is 35.7 Å². The molecule has 4 nitrogen and oxygen atoms in total. The lowest BCUT2D eigenvalue weighted by Gasteiger charge is -2.32. The summed E-state index contributed by atoms with van der Waals surface area (Å²) in [4.78, 5) is 14.2. The van der Waals surface area contributed by atoms with Gasteiger partial charge in [-0.3, -0.25) is 4.79 Å². The largest absolute Gasteiger partial charge is 0.497 e. The van der Waals surface area contributed by atoms with E-state index >= 15 is 0 Å². The number of likely N-dealkylation sites (tertiary alicyclic amines) is 1. The summed E-state index contributed by atoms with van der Waals surface area (Å²) in [6.07, 6.45) is 1.89. The lowest BCUT2D eigenvalue weighted by molar-refractivity contribution is 0.0596. The van der Waals surface area contributed by atoms with Gasteiger partial charge in [0.25, 0.3) is 5.91 Å². The summed E-state index contributed by atoms with van der Waals surface area (Å²) in [6, 6.07) is 9.51. The van der Waals surface area contributed by atoms with Crippen LogP contribution in [0.2, 0.25) is 0 Å². The molecule has 5 heteroatoms. The van der Waals surface area contributed by atoms with Crippen LogP contribution in [0.15, 0.2) is 41.1 Å². The van der Waals surface area contributed by atoms with Gasteiger partial charge >= 0.3 is 0 Å². The molecule has 0 atom stereocenters. The molecule has 1 saturated heterocycles. The Morgan fingerprint density at radius 2 is 1.82 bits per heavy atom. The zero-order valence-electron chi connectivity index (χ0n) is 12.5. The quantitative estimate of drug-likeness (QED) is 0.867. The fourth-order valence-corrected chi connectivity index (χ4v) is 3.22. The summed E-state index contributed by atoms with van der Waals surface area (Å²) in [5.74, 6) is 1.80. The number of piperidine rings is 1. The van der Waals surface area contributed by atoms with Crippen molar-refractivity contribution in [2.75, 3.05) is 20.2 Å². The summed E-state index contributed by atoms with van der Waals surface area (Å²) in [7, 11) is 1.65. The van der Waals surface area contributed by atoms with Crippen molar-refractivity contribution in [3.8, 4) is 11.5 Å². The van der Waals surface area contributed by atoms with Crippen LogP contribution in [0, 0.1) is 0 Å². The highest BCUT2D eigenvalue weighted by atomic mass is 32.1. The van der Waals surface area contributed by atoms with Crippen molar-refractivity contribution >= 4 is 17.2 Å². The first-order valence-electron chi connectivity index (χ1n) is 7.38. The van der Waals surface area contributed by atoms with Crippen molar-refractivity contribution < 1.29 is 14.3 Å². The van der Waals surface area contributed by atoms with Crippen LogP contribution in [0.5, 0.6) is 11.5 Å². The number of amides is 1. The van der Waals surface area contributed by atoms with Gasteiger partial charge in [-0.2, -0.15) is 11.3 Å². The first-order chi connectivity index (χ1) is 10.8. The van der Waals surface area contributed by atoms with E-state index in [0.717, 1.165) is 43.0 Å². The third-order valence-electron chi connectivity index (χ3n) is 3.86. The molecule has 0 unspecified atom stereocenters. The van der Waals surface area contributed by atoms with E-state index in [2.05, 4.69) is 0 Å². The molecule has 1 aliphatic heterocycles. The molecule has 1 aromatic heterocycles. The Hall–Kier alpha value is -2.01. The molecule has 1 aliphatic rings. The molecule has 0 aliphatic carbocycles. The number of nitrogens with zero attached hydrogens (tertiary/aromatic N) is 1. The summed E-state index contributed by atoms with van der Waals surface area (Å²) in [5.41, 5.74) is 0.791. The first-order valence-corrected chi connectivity index (χ1v) is 8.33. The topological polar surface area (TPSA) is 38.8 Å². The van der Waals surface area contributed by atoms with Crippen molar-refractivity contribution in [1.29, 1.82) is 0 Å². The third-order valence-corrected chi connectivity index (χ3v) is 4.54. The molecule has 116 valence electrons. The van der Waals surface area contributed by atoms with Gasteiger partial charge in [0.15, 0.2) is 0 Å². The smallest absolute Gasteiger partial charge is 0.254 e. The van der Waals surface area contributed by atoms with E-state index in [1.165, 1.54) is 0 Å². The average Bonchev–Trinajstić information content (AvgIpc) is 3.10. The highest BCUT2D eigenvalue weighted by Crippen LogP contribution is 2.22. The van der Waals surface area contributed by atoms with Crippen molar-refractivity contribution in [1.82, 2.24) is 4.90 Å². The predicted molar refractivity (Wildman–Crippen MR) is 86.9 cm³/mol. The van der Waals surface area contributed by atoms with E-state index in [9.17, 15) is 4.79 Å². The van der Waals surface area contributed by atoms with Crippen LogP contribution >= 0.6 is 11.3 Å². The minimum absolute atomic E-state index is 0.129. The number of benzene rings is 1. The minimum Gasteiger partial charge on any atom is -0.497 e. The molecule has 3 rings (SSSR count). The molecule has 1 amide bonds. The van der Waals surface area contributed by atoms with Gasteiger partial charge < -0.3 is 14.4 Å². The molecular formula is C17H19NO3S. The molecule has 2 aromatic rings. The summed E-state index contributed by atoms with van der Waals surface area (Å²) < 4.78 is 11.1. The van der Waals surface area contributed by atoms with Crippen molar-refractivity contribution in [3.05, 3.63) is 46.7 Å².